The van der Waals surface area contributed by atoms with Crippen LogP contribution in [0.5, 0.6) is 0 Å². The van der Waals surface area contributed by atoms with Crippen LogP contribution < -0.4 is 10.6 Å². The first-order valence-corrected chi connectivity index (χ1v) is 13.3. The zero-order valence-electron chi connectivity index (χ0n) is 22.8. The highest BCUT2D eigenvalue weighted by Crippen LogP contribution is 2.29. The summed E-state index contributed by atoms with van der Waals surface area (Å²) in [5, 5.41) is 30.3. The number of amides is 2. The second kappa shape index (κ2) is 12.0. The van der Waals surface area contributed by atoms with Gasteiger partial charge in [-0.05, 0) is 43.9 Å². The number of nitrogens with one attached hydrogen (secondary N) is 2. The van der Waals surface area contributed by atoms with Crippen molar-refractivity contribution in [3.63, 3.8) is 0 Å². The number of hydrogen-bond acceptors (Lipinski definition) is 7. The average molecular weight is 533 g/mol. The first-order chi connectivity index (χ1) is 18.6. The van der Waals surface area contributed by atoms with Crippen molar-refractivity contribution < 1.29 is 24.5 Å². The lowest BCUT2D eigenvalue weighted by Gasteiger charge is -2.29. The van der Waals surface area contributed by atoms with Crippen LogP contribution in [0.4, 0.5) is 0 Å². The van der Waals surface area contributed by atoms with Gasteiger partial charge in [-0.15, -0.1) is 0 Å². The zero-order chi connectivity index (χ0) is 28.2. The Morgan fingerprint density at radius 2 is 1.90 bits per heavy atom. The molecule has 1 unspecified atom stereocenters. The summed E-state index contributed by atoms with van der Waals surface area (Å²) in [5.41, 5.74) is 1.22. The third-order valence-corrected chi connectivity index (χ3v) is 6.81. The molecule has 4 N–H and O–H groups in total. The van der Waals surface area contributed by atoms with Crippen molar-refractivity contribution in [1.82, 2.24) is 20.2 Å². The summed E-state index contributed by atoms with van der Waals surface area (Å²) in [6.45, 7) is 8.10. The van der Waals surface area contributed by atoms with E-state index in [2.05, 4.69) is 34.6 Å². The molecular weight excluding hydrogens is 497 g/mol. The molecule has 206 valence electrons. The maximum absolute atomic E-state index is 13.5. The third-order valence-electron chi connectivity index (χ3n) is 6.81. The first kappa shape index (κ1) is 28.3. The topological polar surface area (TPSA) is 138 Å². The van der Waals surface area contributed by atoms with Crippen LogP contribution in [0.25, 0.3) is 11.0 Å². The molecule has 11 heteroatoms. The van der Waals surface area contributed by atoms with Gasteiger partial charge in [0, 0.05) is 36.7 Å². The molecule has 0 spiro atoms. The molecule has 1 aliphatic rings. The lowest BCUT2D eigenvalue weighted by atomic mass is 9.74. The second-order valence-corrected chi connectivity index (χ2v) is 10.8. The van der Waals surface area contributed by atoms with E-state index in [0.29, 0.717) is 17.7 Å². The van der Waals surface area contributed by atoms with Gasteiger partial charge in [0.15, 0.2) is 0 Å². The van der Waals surface area contributed by atoms with Crippen LogP contribution in [-0.2, 0) is 16.1 Å². The molecule has 10 nitrogen and oxygen atoms in total. The number of carbonyl (C=O) groups is 2. The number of oxime groups is 1. The predicted octanol–water partition coefficient (Wildman–Crippen LogP) is 2.65. The number of fused-ring (bicyclic) bond motifs is 1. The maximum atomic E-state index is 13.5. The largest absolute Gasteiger partial charge is 0.475 e. The fraction of sp³-hybridized carbons (Fsp3) is 0.429. The van der Waals surface area contributed by atoms with Crippen molar-refractivity contribution in [3.05, 3.63) is 66.0 Å². The molecular formula is C28H36BN5O5. The lowest BCUT2D eigenvalue weighted by Crippen LogP contribution is -2.56. The molecule has 39 heavy (non-hydrogen) atoms. The number of nitrogens with zero attached hydrogens (tertiary/aromatic N) is 3. The second-order valence-electron chi connectivity index (χ2n) is 10.8. The van der Waals surface area contributed by atoms with Crippen LogP contribution >= 0.6 is 0 Å². The van der Waals surface area contributed by atoms with Crippen molar-refractivity contribution >= 4 is 35.7 Å². The fourth-order valence-corrected chi connectivity index (χ4v) is 4.80. The normalized spacial score (nSPS) is 17.7. The molecule has 2 aromatic heterocycles. The Balaban J connectivity index is 1.46. The Labute approximate surface area is 228 Å². The van der Waals surface area contributed by atoms with E-state index >= 15 is 0 Å². The van der Waals surface area contributed by atoms with E-state index in [0.717, 1.165) is 16.6 Å². The summed E-state index contributed by atoms with van der Waals surface area (Å²) in [7, 11) is -1.71. The quantitative estimate of drug-likeness (QED) is 0.280. The van der Waals surface area contributed by atoms with Gasteiger partial charge in [-0.1, -0.05) is 49.3 Å². The third kappa shape index (κ3) is 6.66. The summed E-state index contributed by atoms with van der Waals surface area (Å²) in [5.74, 6) is -1.52. The fourth-order valence-electron chi connectivity index (χ4n) is 4.80. The van der Waals surface area contributed by atoms with Crippen LogP contribution in [0, 0.1) is 5.92 Å². The Morgan fingerprint density at radius 1 is 1.15 bits per heavy atom. The highest BCUT2D eigenvalue weighted by atomic mass is 16.7. The van der Waals surface area contributed by atoms with Gasteiger partial charge in [-0.25, -0.2) is 4.98 Å². The van der Waals surface area contributed by atoms with Gasteiger partial charge >= 0.3 is 7.12 Å². The highest BCUT2D eigenvalue weighted by Gasteiger charge is 2.48. The van der Waals surface area contributed by atoms with Gasteiger partial charge in [0.1, 0.15) is 5.65 Å². The molecule has 0 fully saturated rings. The van der Waals surface area contributed by atoms with Crippen molar-refractivity contribution in [3.8, 4) is 0 Å². The molecule has 3 aromatic rings. The molecule has 0 radical (unpaired) electrons. The van der Waals surface area contributed by atoms with Crippen LogP contribution in [-0.4, -0.2) is 62.3 Å². The molecule has 0 bridgehead atoms. The van der Waals surface area contributed by atoms with Crippen LogP contribution in [0.1, 0.15) is 62.5 Å². The number of benzene rings is 1. The van der Waals surface area contributed by atoms with Crippen LogP contribution in [0.3, 0.4) is 0 Å². The van der Waals surface area contributed by atoms with Gasteiger partial charge in [-0.3, -0.25) is 9.59 Å². The minimum absolute atomic E-state index is 0.0890. The molecule has 2 atom stereocenters. The first-order valence-electron chi connectivity index (χ1n) is 13.3. The van der Waals surface area contributed by atoms with E-state index < -0.39 is 24.6 Å². The minimum Gasteiger partial charge on any atom is -0.426 e. The average Bonchev–Trinajstić information content (AvgIpc) is 3.51. The molecule has 4 rings (SSSR count). The number of aromatic nitrogens is 2. The summed E-state index contributed by atoms with van der Waals surface area (Å²) in [4.78, 5) is 36.7. The summed E-state index contributed by atoms with van der Waals surface area (Å²) >= 11 is 0. The molecule has 0 saturated carbocycles. The molecule has 1 aliphatic heterocycles. The molecule has 0 aliphatic carbocycles. The smallest absolute Gasteiger partial charge is 0.426 e. The number of hydrogen-bond donors (Lipinski definition) is 4. The van der Waals surface area contributed by atoms with Gasteiger partial charge in [0.25, 0.3) is 11.8 Å². The van der Waals surface area contributed by atoms with Crippen molar-refractivity contribution in [2.45, 2.75) is 64.5 Å². The Bertz CT molecular complexity index is 1340. The van der Waals surface area contributed by atoms with Crippen molar-refractivity contribution in [2.24, 2.45) is 11.1 Å². The van der Waals surface area contributed by atoms with Gasteiger partial charge in [-0.2, -0.15) is 0 Å². The highest BCUT2D eigenvalue weighted by molar-refractivity contribution is 6.43. The van der Waals surface area contributed by atoms with Gasteiger partial charge in [0.2, 0.25) is 5.60 Å². The van der Waals surface area contributed by atoms with E-state index in [1.807, 2.05) is 61.0 Å². The molecule has 0 saturated heterocycles. The lowest BCUT2D eigenvalue weighted by molar-refractivity contribution is -0.144. The minimum atomic E-state index is -1.71. The van der Waals surface area contributed by atoms with Crippen LogP contribution in [0.2, 0.25) is 0 Å². The molecule has 1 aromatic carbocycles. The molecule has 2 amide bonds. The van der Waals surface area contributed by atoms with E-state index in [-0.39, 0.29) is 37.3 Å². The monoisotopic (exact) mass is 533 g/mol. The van der Waals surface area contributed by atoms with Crippen molar-refractivity contribution in [2.75, 3.05) is 6.54 Å². The predicted molar refractivity (Wildman–Crippen MR) is 150 cm³/mol. The van der Waals surface area contributed by atoms with Crippen molar-refractivity contribution in [1.29, 1.82) is 0 Å². The summed E-state index contributed by atoms with van der Waals surface area (Å²) < 4.78 is 2.04. The zero-order valence-corrected chi connectivity index (χ0v) is 22.8. The Morgan fingerprint density at radius 3 is 2.56 bits per heavy atom. The van der Waals surface area contributed by atoms with Gasteiger partial charge in [0.05, 0.1) is 23.8 Å². The van der Waals surface area contributed by atoms with E-state index in [1.54, 1.807) is 12.3 Å². The number of carbonyl (C=O) groups excluding carboxylic acids is 2. The van der Waals surface area contributed by atoms with Gasteiger partial charge < -0.3 is 30.1 Å². The van der Waals surface area contributed by atoms with E-state index in [1.165, 1.54) is 0 Å². The standard InChI is InChI=1S/C28H36BN5O5/c1-18(2)12-24(29(37)38)32-27(36)28(14-20-8-6-5-7-9-20)15-23(33-39-28)17-31-26(35)22-13-21-10-11-34(19(3)4)25(21)30-16-22/h5-11,13,16,18-19,24,37-38H,12,14-15,17H2,1-4H3,(H,31,35)(H,32,36)/t24-,28?/m0/s1. The summed E-state index contributed by atoms with van der Waals surface area (Å²) in [6, 6.07) is 13.4. The van der Waals surface area contributed by atoms with Crippen LogP contribution in [0.15, 0.2) is 60.0 Å². The number of rotatable bonds is 11. The molecule has 3 heterocycles. The van der Waals surface area contributed by atoms with E-state index in [4.69, 9.17) is 4.84 Å². The maximum Gasteiger partial charge on any atom is 0.475 e. The Hall–Kier alpha value is -3.70. The summed E-state index contributed by atoms with van der Waals surface area (Å²) in [6.07, 6.45) is 4.25. The van der Waals surface area contributed by atoms with E-state index in [9.17, 15) is 19.6 Å². The number of pyridine rings is 1. The Kier molecular flexibility index (Phi) is 8.71. The SMILES string of the molecule is CC(C)C[C@H](NC(=O)C1(Cc2ccccc2)CC(CNC(=O)c2cnc3c(ccn3C(C)C)c2)=NO1)B(O)O.